The lowest BCUT2D eigenvalue weighted by molar-refractivity contribution is -0.155. The van der Waals surface area contributed by atoms with Gasteiger partial charge in [0, 0.05) is 72.5 Å². The molecule has 22 fully saturated rings. The van der Waals surface area contributed by atoms with Gasteiger partial charge >= 0.3 is 0 Å². The monoisotopic (exact) mass is 1400 g/mol. The summed E-state index contributed by atoms with van der Waals surface area (Å²) >= 11 is 0. The molecule has 18 saturated carbocycles. The highest BCUT2D eigenvalue weighted by Crippen LogP contribution is 2.71. The van der Waals surface area contributed by atoms with Crippen LogP contribution in [0.4, 0.5) is 0 Å². The molecule has 0 radical (unpaired) electrons. The molecular weight excluding hydrogens is 1240 g/mol. The zero-order valence-electron chi connectivity index (χ0n) is 66.9. The molecule has 31 atom stereocenters. The number of hydrogen-bond acceptors (Lipinski definition) is 4. The Morgan fingerprint density at radius 1 is 0.165 bits per heavy atom. The predicted octanol–water partition coefficient (Wildman–Crippen LogP) is 24.9. The minimum absolute atomic E-state index is 0.825. The Balaban J connectivity index is 0.723. The molecule has 0 aromatic heterocycles. The fraction of sp³-hybridized carbons (Fsp3) is 1.00. The molecule has 0 bridgehead atoms. The van der Waals surface area contributed by atoms with Gasteiger partial charge in [-0.05, 0) is 289 Å². The van der Waals surface area contributed by atoms with Crippen molar-refractivity contribution in [2.45, 2.75) is 482 Å². The molecule has 0 N–H and O–H groups in total. The molecule has 0 spiro atoms. The summed E-state index contributed by atoms with van der Waals surface area (Å²) in [4.78, 5) is 15.4. The minimum atomic E-state index is 0.825. The zero-order chi connectivity index (χ0) is 67.4. The molecule has 22 rings (SSSR count). The number of rotatable bonds is 9. The highest BCUT2D eigenvalue weighted by molar-refractivity contribution is 6.65. The molecule has 31 unspecified atom stereocenters. The van der Waals surface area contributed by atoms with E-state index in [1.54, 1.807) is 392 Å². The fourth-order valence-corrected chi connectivity index (χ4v) is 39.6. The maximum atomic E-state index is 4.06. The van der Waals surface area contributed by atoms with Gasteiger partial charge < -0.3 is 0 Å². The quantitative estimate of drug-likeness (QED) is 0.213. The van der Waals surface area contributed by atoms with E-state index >= 15 is 0 Å². The van der Waals surface area contributed by atoms with Crippen molar-refractivity contribution in [2.24, 2.45) is 130 Å². The van der Waals surface area contributed by atoms with Crippen LogP contribution in [-0.4, -0.2) is 98.8 Å². The van der Waals surface area contributed by atoms with Gasteiger partial charge in [-0.15, -0.1) is 0 Å². The SMILES string of the molecule is C1CCC(C2CCCC(C3CCCCC3)C2N2C3CC(C4CC5CCCC6C7CCCC8CCCC(C(C4)C56)C87)CCC3B3C4CCC(N5C6CCCCC6C6CCCCC65)CC4N(C4C(C5CCCCC5)CCCC4C4CCCCC4)C4CC(N5C6CCCCC6C6CCCCC65)CC2C34)CC1. The summed E-state index contributed by atoms with van der Waals surface area (Å²) in [7, 11) is 0. The Hall–Kier alpha value is -0.0951. The highest BCUT2D eigenvalue weighted by atomic mass is 15.3. The summed E-state index contributed by atoms with van der Waals surface area (Å²) in [5.41, 5.74) is 0. The van der Waals surface area contributed by atoms with Crippen molar-refractivity contribution in [2.75, 3.05) is 0 Å². The topological polar surface area (TPSA) is 13.0 Å². The van der Waals surface area contributed by atoms with Crippen LogP contribution in [0.1, 0.15) is 392 Å². The van der Waals surface area contributed by atoms with Crippen molar-refractivity contribution in [1.82, 2.24) is 19.6 Å². The molecule has 4 heterocycles. The second kappa shape index (κ2) is 29.7. The van der Waals surface area contributed by atoms with Crippen molar-refractivity contribution in [3.05, 3.63) is 0 Å². The maximum Gasteiger partial charge on any atom is 0.156 e. The van der Waals surface area contributed by atoms with Gasteiger partial charge in [-0.25, -0.2) is 0 Å². The molecule has 4 aliphatic heterocycles. The fourth-order valence-electron chi connectivity index (χ4n) is 39.6. The third-order valence-electron chi connectivity index (χ3n) is 42.2. The molecule has 574 valence electrons. The molecule has 0 aromatic rings. The number of nitrogens with zero attached hydrogens (tertiary/aromatic N) is 4. The summed E-state index contributed by atoms with van der Waals surface area (Å²) in [5, 5.41) is 0. The number of hydrogen-bond donors (Lipinski definition) is 0. The molecule has 103 heavy (non-hydrogen) atoms. The van der Waals surface area contributed by atoms with Crippen LogP contribution in [0.25, 0.3) is 0 Å². The highest BCUT2D eigenvalue weighted by Gasteiger charge is 2.71. The zero-order valence-corrected chi connectivity index (χ0v) is 66.9. The second-order valence-electron chi connectivity index (χ2n) is 45.2. The molecule has 5 heteroatoms. The summed E-state index contributed by atoms with van der Waals surface area (Å²) in [5.74, 6) is 25.9. The van der Waals surface area contributed by atoms with Gasteiger partial charge in [0.05, 0.1) is 0 Å². The molecule has 0 amide bonds. The van der Waals surface area contributed by atoms with E-state index in [1.807, 2.05) is 0 Å². The lowest BCUT2D eigenvalue weighted by Crippen LogP contribution is -2.78. The molecule has 4 nitrogen and oxygen atoms in total. The van der Waals surface area contributed by atoms with Crippen molar-refractivity contribution in [3.63, 3.8) is 0 Å². The number of likely N-dealkylation sites (tertiary alicyclic amines) is 2. The van der Waals surface area contributed by atoms with E-state index in [2.05, 4.69) is 19.6 Å². The van der Waals surface area contributed by atoms with Gasteiger partial charge in [0.15, 0.2) is 6.71 Å². The van der Waals surface area contributed by atoms with Crippen LogP contribution in [0, 0.1) is 130 Å². The minimum Gasteiger partial charge on any atom is -0.295 e. The average Bonchev–Trinajstić information content (AvgIpc) is 1.66. The largest absolute Gasteiger partial charge is 0.295 e. The normalized spacial score (nSPS) is 53.4. The Morgan fingerprint density at radius 2 is 0.495 bits per heavy atom. The van der Waals surface area contributed by atoms with Crippen LogP contribution < -0.4 is 0 Å². The first kappa shape index (κ1) is 69.6. The number of fused-ring (bicyclic) bond motifs is 12. The molecular formula is C98H159BN4. The average molecular weight is 1400 g/mol. The molecule has 0 aromatic carbocycles. The van der Waals surface area contributed by atoms with E-state index in [9.17, 15) is 0 Å². The third kappa shape index (κ3) is 11.9. The second-order valence-corrected chi connectivity index (χ2v) is 45.2. The Labute approximate surface area is 634 Å². The molecule has 4 saturated heterocycles. The Bertz CT molecular complexity index is 2730. The summed E-state index contributed by atoms with van der Waals surface area (Å²) in [6.45, 7) is 0.998. The van der Waals surface area contributed by atoms with E-state index < -0.39 is 0 Å². The van der Waals surface area contributed by atoms with Crippen molar-refractivity contribution in [3.8, 4) is 0 Å². The van der Waals surface area contributed by atoms with E-state index in [1.165, 1.54) is 0 Å². The van der Waals surface area contributed by atoms with Gasteiger partial charge in [0.1, 0.15) is 0 Å². The van der Waals surface area contributed by atoms with Crippen LogP contribution in [0.2, 0.25) is 17.5 Å². The standard InChI is InChI=1S/C98H159BN4/c1-5-26-62(27-6-1)72-41-24-42-73(63-28-7-2-8-29-63)97(72)102-90-58-67(69-56-68-36-23-46-81-80-45-21-34-66-35-22-47-82(94(66)80)83(57-69)95(68)81)52-54-84(90)99-85-55-53-70(100-86-48-17-13-37-76(86)77-38-14-18-49-87(77)100)59-91(85)103(98-74(64-30-9-3-10-31-64)43-25-44-75(98)65-32-11-4-12-33-65)93-61-71(60-92(102)96(93)99)101-88-50-19-15-39-78(88)79-40-16-20-51-89(79)101/h62-98H,1-61H2. The van der Waals surface area contributed by atoms with Gasteiger partial charge in [0.25, 0.3) is 0 Å². The summed E-state index contributed by atoms with van der Waals surface area (Å²) in [6.07, 6.45) is 97.3. The van der Waals surface area contributed by atoms with Crippen molar-refractivity contribution < 1.29 is 0 Å². The first-order valence-corrected chi connectivity index (χ1v) is 50.2. The van der Waals surface area contributed by atoms with Crippen LogP contribution in [-0.2, 0) is 0 Å². The van der Waals surface area contributed by atoms with Crippen molar-refractivity contribution in [1.29, 1.82) is 0 Å². The Kier molecular flexibility index (Phi) is 20.1. The third-order valence-corrected chi connectivity index (χ3v) is 42.2. The predicted molar refractivity (Wildman–Crippen MR) is 428 cm³/mol. The Morgan fingerprint density at radius 3 is 0.951 bits per heavy atom. The van der Waals surface area contributed by atoms with Crippen LogP contribution >= 0.6 is 0 Å². The van der Waals surface area contributed by atoms with E-state index in [0.717, 1.165) is 227 Å². The summed E-state index contributed by atoms with van der Waals surface area (Å²) < 4.78 is 0. The van der Waals surface area contributed by atoms with Crippen LogP contribution in [0.15, 0.2) is 0 Å². The smallest absolute Gasteiger partial charge is 0.156 e. The lowest BCUT2D eigenvalue weighted by Gasteiger charge is -2.72. The lowest BCUT2D eigenvalue weighted by atomic mass is 9.18. The van der Waals surface area contributed by atoms with Gasteiger partial charge in [-0.2, -0.15) is 0 Å². The van der Waals surface area contributed by atoms with Gasteiger partial charge in [-0.1, -0.05) is 250 Å². The molecule has 22 aliphatic rings. The molecule has 18 aliphatic carbocycles. The van der Waals surface area contributed by atoms with Crippen molar-refractivity contribution >= 4 is 6.71 Å². The maximum absolute atomic E-state index is 4.06. The summed E-state index contributed by atoms with van der Waals surface area (Å²) in [6, 6.07) is 10.5. The van der Waals surface area contributed by atoms with E-state index in [0.29, 0.717) is 0 Å². The van der Waals surface area contributed by atoms with E-state index in [-0.39, 0.29) is 0 Å². The van der Waals surface area contributed by atoms with E-state index in [4.69, 9.17) is 0 Å². The first-order valence-electron chi connectivity index (χ1n) is 50.2. The van der Waals surface area contributed by atoms with Gasteiger partial charge in [0.2, 0.25) is 0 Å². The van der Waals surface area contributed by atoms with Gasteiger partial charge in [-0.3, -0.25) is 19.6 Å². The van der Waals surface area contributed by atoms with Crippen LogP contribution in [0.3, 0.4) is 0 Å². The van der Waals surface area contributed by atoms with Crippen LogP contribution in [0.5, 0.6) is 0 Å². The first-order chi connectivity index (χ1) is 51.1.